The molecule has 3 rings (SSSR count). The molecular weight excluding hydrogens is 362 g/mol. The zero-order valence-electron chi connectivity index (χ0n) is 16.0. The number of carbonyl (C=O) groups excluding carboxylic acids is 2. The molecule has 148 valence electrons. The lowest BCUT2D eigenvalue weighted by molar-refractivity contribution is -0.138. The summed E-state index contributed by atoms with van der Waals surface area (Å²) in [7, 11) is 0. The van der Waals surface area contributed by atoms with Gasteiger partial charge < -0.3 is 16.0 Å². The molecular formula is C21H30ClN3O2. The predicted molar refractivity (Wildman–Crippen MR) is 109 cm³/mol. The number of nitrogens with zero attached hydrogens (tertiary/aromatic N) is 1. The van der Waals surface area contributed by atoms with Crippen molar-refractivity contribution in [1.29, 1.82) is 0 Å². The van der Waals surface area contributed by atoms with Gasteiger partial charge in [-0.3, -0.25) is 9.59 Å². The normalized spacial score (nSPS) is 23.9. The maximum Gasteiger partial charge on any atom is 0.227 e. The standard InChI is InChI=1S/C21H30ClN3O2/c1-14-10-16(22)13-17(11-14)24-20(26)12-15-6-8-25(9-7-15)21(27)18-4-2-3-5-19(18)23/h10-11,13,15,18-19H,2-9,12,23H2,1H3,(H,24,26)/t18-,19-/m0/s1. The molecule has 1 saturated carbocycles. The summed E-state index contributed by atoms with van der Waals surface area (Å²) in [5.74, 6) is 0.536. The van der Waals surface area contributed by atoms with Gasteiger partial charge in [0, 0.05) is 36.3 Å². The molecule has 5 nitrogen and oxygen atoms in total. The smallest absolute Gasteiger partial charge is 0.227 e. The number of hydrogen-bond donors (Lipinski definition) is 2. The second kappa shape index (κ2) is 9.07. The first kappa shape index (κ1) is 20.2. The van der Waals surface area contributed by atoms with E-state index in [-0.39, 0.29) is 23.8 Å². The third-order valence-electron chi connectivity index (χ3n) is 5.86. The maximum atomic E-state index is 12.8. The molecule has 3 N–H and O–H groups in total. The van der Waals surface area contributed by atoms with Crippen molar-refractivity contribution in [2.24, 2.45) is 17.6 Å². The van der Waals surface area contributed by atoms with Gasteiger partial charge in [0.15, 0.2) is 0 Å². The van der Waals surface area contributed by atoms with Crippen LogP contribution in [-0.2, 0) is 9.59 Å². The van der Waals surface area contributed by atoms with Crippen LogP contribution in [0.1, 0.15) is 50.5 Å². The number of piperidine rings is 1. The van der Waals surface area contributed by atoms with Gasteiger partial charge in [0.1, 0.15) is 0 Å². The van der Waals surface area contributed by atoms with Gasteiger partial charge in [0.25, 0.3) is 0 Å². The third-order valence-corrected chi connectivity index (χ3v) is 6.08. The van der Waals surface area contributed by atoms with Gasteiger partial charge in [-0.05, 0) is 62.3 Å². The number of nitrogens with two attached hydrogens (primary N) is 1. The molecule has 1 aliphatic carbocycles. The Morgan fingerprint density at radius 2 is 1.85 bits per heavy atom. The van der Waals surface area contributed by atoms with Crippen LogP contribution in [-0.4, -0.2) is 35.8 Å². The molecule has 6 heteroatoms. The van der Waals surface area contributed by atoms with Gasteiger partial charge in [-0.1, -0.05) is 24.4 Å². The quantitative estimate of drug-likeness (QED) is 0.820. The molecule has 1 aromatic carbocycles. The van der Waals surface area contributed by atoms with Crippen molar-refractivity contribution in [3.05, 3.63) is 28.8 Å². The summed E-state index contributed by atoms with van der Waals surface area (Å²) in [4.78, 5) is 27.1. The summed E-state index contributed by atoms with van der Waals surface area (Å²) in [5.41, 5.74) is 7.92. The highest BCUT2D eigenvalue weighted by Gasteiger charge is 2.33. The topological polar surface area (TPSA) is 75.4 Å². The minimum atomic E-state index is -0.00957. The van der Waals surface area contributed by atoms with Crippen LogP contribution in [0, 0.1) is 18.8 Å². The van der Waals surface area contributed by atoms with Crippen molar-refractivity contribution in [2.45, 2.75) is 57.9 Å². The van der Waals surface area contributed by atoms with E-state index in [9.17, 15) is 9.59 Å². The number of amides is 2. The molecule has 2 aliphatic rings. The van der Waals surface area contributed by atoms with Gasteiger partial charge in [-0.2, -0.15) is 0 Å². The SMILES string of the molecule is Cc1cc(Cl)cc(NC(=O)CC2CCN(C(=O)[C@H]3CCCC[C@@H]3N)CC2)c1. The minimum absolute atomic E-state index is 0.00957. The van der Waals surface area contributed by atoms with Gasteiger partial charge in [-0.15, -0.1) is 0 Å². The van der Waals surface area contributed by atoms with Crippen LogP contribution in [0.25, 0.3) is 0 Å². The first-order chi connectivity index (χ1) is 12.9. The minimum Gasteiger partial charge on any atom is -0.342 e. The number of anilines is 1. The predicted octanol–water partition coefficient (Wildman–Crippen LogP) is 3.73. The van der Waals surface area contributed by atoms with E-state index in [1.165, 1.54) is 0 Å². The molecule has 0 unspecified atom stereocenters. The molecule has 2 atom stereocenters. The highest BCUT2D eigenvalue weighted by Crippen LogP contribution is 2.28. The van der Waals surface area contributed by atoms with Crippen molar-refractivity contribution in [3.63, 3.8) is 0 Å². The molecule has 2 fully saturated rings. The van der Waals surface area contributed by atoms with Crippen molar-refractivity contribution >= 4 is 29.1 Å². The number of hydrogen-bond acceptors (Lipinski definition) is 3. The van der Waals surface area contributed by atoms with E-state index < -0.39 is 0 Å². The maximum absolute atomic E-state index is 12.8. The van der Waals surface area contributed by atoms with Crippen LogP contribution in [0.2, 0.25) is 5.02 Å². The Hall–Kier alpha value is -1.59. The van der Waals surface area contributed by atoms with Crippen molar-refractivity contribution in [2.75, 3.05) is 18.4 Å². The van der Waals surface area contributed by atoms with Crippen LogP contribution in [0.3, 0.4) is 0 Å². The summed E-state index contributed by atoms with van der Waals surface area (Å²) in [6, 6.07) is 5.55. The summed E-state index contributed by atoms with van der Waals surface area (Å²) < 4.78 is 0. The van der Waals surface area contributed by atoms with Crippen molar-refractivity contribution < 1.29 is 9.59 Å². The van der Waals surface area contributed by atoms with E-state index in [4.69, 9.17) is 17.3 Å². The van der Waals surface area contributed by atoms with Gasteiger partial charge in [0.2, 0.25) is 11.8 Å². The second-order valence-corrected chi connectivity index (χ2v) is 8.53. The lowest BCUT2D eigenvalue weighted by Gasteiger charge is -2.37. The fraction of sp³-hybridized carbons (Fsp3) is 0.619. The first-order valence-electron chi connectivity index (χ1n) is 10.0. The van der Waals surface area contributed by atoms with Crippen molar-refractivity contribution in [1.82, 2.24) is 4.90 Å². The van der Waals surface area contributed by atoms with Gasteiger partial charge in [0.05, 0.1) is 5.92 Å². The highest BCUT2D eigenvalue weighted by molar-refractivity contribution is 6.31. The molecule has 0 bridgehead atoms. The molecule has 0 aromatic heterocycles. The van der Waals surface area contributed by atoms with Crippen LogP contribution >= 0.6 is 11.6 Å². The number of nitrogens with one attached hydrogen (secondary N) is 1. The molecule has 2 amide bonds. The molecule has 0 spiro atoms. The average Bonchev–Trinajstić information content (AvgIpc) is 2.61. The Kier molecular flexibility index (Phi) is 6.77. The Morgan fingerprint density at radius 3 is 2.52 bits per heavy atom. The first-order valence-corrected chi connectivity index (χ1v) is 10.4. The number of aryl methyl sites for hydroxylation is 1. The van der Waals surface area contributed by atoms with Gasteiger partial charge >= 0.3 is 0 Å². The lowest BCUT2D eigenvalue weighted by atomic mass is 9.83. The molecule has 1 aromatic rings. The summed E-state index contributed by atoms with van der Waals surface area (Å²) >= 11 is 6.05. The van der Waals surface area contributed by atoms with E-state index >= 15 is 0 Å². The number of halogens is 1. The molecule has 1 heterocycles. The third kappa shape index (κ3) is 5.45. The Morgan fingerprint density at radius 1 is 1.15 bits per heavy atom. The lowest BCUT2D eigenvalue weighted by Crippen LogP contribution is -2.48. The number of likely N-dealkylation sites (tertiary alicyclic amines) is 1. The zero-order chi connectivity index (χ0) is 19.4. The van der Waals surface area contributed by atoms with Crippen LogP contribution < -0.4 is 11.1 Å². The second-order valence-electron chi connectivity index (χ2n) is 8.09. The zero-order valence-corrected chi connectivity index (χ0v) is 16.8. The molecule has 1 aliphatic heterocycles. The number of rotatable bonds is 4. The van der Waals surface area contributed by atoms with E-state index in [0.717, 1.165) is 62.9 Å². The number of carbonyl (C=O) groups is 2. The van der Waals surface area contributed by atoms with E-state index in [1.807, 2.05) is 24.0 Å². The average molecular weight is 392 g/mol. The monoisotopic (exact) mass is 391 g/mol. The molecule has 0 radical (unpaired) electrons. The fourth-order valence-corrected chi connectivity index (χ4v) is 4.63. The summed E-state index contributed by atoms with van der Waals surface area (Å²) in [6.07, 6.45) is 6.33. The van der Waals surface area contributed by atoms with Crippen LogP contribution in [0.15, 0.2) is 18.2 Å². The van der Waals surface area contributed by atoms with Gasteiger partial charge in [-0.25, -0.2) is 0 Å². The number of benzene rings is 1. The molecule has 27 heavy (non-hydrogen) atoms. The van der Waals surface area contributed by atoms with Crippen LogP contribution in [0.4, 0.5) is 5.69 Å². The molecule has 1 saturated heterocycles. The Labute approximate surface area is 166 Å². The van der Waals surface area contributed by atoms with Crippen molar-refractivity contribution in [3.8, 4) is 0 Å². The summed E-state index contributed by atoms with van der Waals surface area (Å²) in [5, 5.41) is 3.57. The van der Waals surface area contributed by atoms with E-state index in [1.54, 1.807) is 6.07 Å². The largest absolute Gasteiger partial charge is 0.342 e. The highest BCUT2D eigenvalue weighted by atomic mass is 35.5. The Bertz CT molecular complexity index is 666. The Balaban J connectivity index is 1.46. The van der Waals surface area contributed by atoms with E-state index in [2.05, 4.69) is 5.32 Å². The summed E-state index contributed by atoms with van der Waals surface area (Å²) in [6.45, 7) is 3.42. The van der Waals surface area contributed by atoms with Crippen LogP contribution in [0.5, 0.6) is 0 Å². The fourth-order valence-electron chi connectivity index (χ4n) is 4.34. The van der Waals surface area contributed by atoms with E-state index in [0.29, 0.717) is 17.4 Å².